The third-order valence-corrected chi connectivity index (χ3v) is 9.93. The lowest BCUT2D eigenvalue weighted by Crippen LogP contribution is -2.53. The van der Waals surface area contributed by atoms with Crippen LogP contribution in [0.15, 0.2) is 71.6 Å². The molecule has 0 bridgehead atoms. The van der Waals surface area contributed by atoms with E-state index in [2.05, 4.69) is 5.32 Å². The van der Waals surface area contributed by atoms with Crippen LogP contribution in [0.1, 0.15) is 55.7 Å². The highest BCUT2D eigenvalue weighted by atomic mass is 32.2. The van der Waals surface area contributed by atoms with Gasteiger partial charge in [-0.25, -0.2) is 8.42 Å². The molecule has 0 radical (unpaired) electrons. The molecule has 45 heavy (non-hydrogen) atoms. The summed E-state index contributed by atoms with van der Waals surface area (Å²) in [5.74, 6) is -0.442. The van der Waals surface area contributed by atoms with E-state index in [4.69, 9.17) is 4.74 Å². The Morgan fingerprint density at radius 1 is 1.02 bits per heavy atom. The minimum Gasteiger partial charge on any atom is -0.497 e. The molecule has 1 N–H and O–H groups in total. The number of amides is 2. The van der Waals surface area contributed by atoms with Gasteiger partial charge < -0.3 is 15.0 Å². The van der Waals surface area contributed by atoms with E-state index in [1.54, 1.807) is 19.1 Å². The fourth-order valence-electron chi connectivity index (χ4n) is 5.51. The van der Waals surface area contributed by atoms with Crippen molar-refractivity contribution in [2.24, 2.45) is 0 Å². The predicted octanol–water partition coefficient (Wildman–Crippen LogP) is 5.28. The van der Waals surface area contributed by atoms with Gasteiger partial charge in [-0.2, -0.15) is 0 Å². The molecule has 12 heteroatoms. The number of sulfonamides is 1. The zero-order chi connectivity index (χ0) is 32.7. The lowest BCUT2D eigenvalue weighted by Gasteiger charge is -2.33. The van der Waals surface area contributed by atoms with Gasteiger partial charge in [-0.3, -0.25) is 24.0 Å². The Morgan fingerprint density at radius 3 is 2.33 bits per heavy atom. The van der Waals surface area contributed by atoms with Crippen LogP contribution in [-0.2, 0) is 26.2 Å². The number of hydrogen-bond acceptors (Lipinski definition) is 7. The number of hydrogen-bond donors (Lipinski definition) is 1. The standard InChI is InChI=1S/C33H40N4O7S/c1-23-9-8-10-26(19-23)21-35(25(3)33(39)34-27-11-6-5-7-12-27)32(38)22-36(28-14-16-29(44-4)17-15-28)45(42,43)30-18-13-24(2)31(20-30)37(40)41/h8-10,13-20,25,27H,5-7,11-12,21-22H2,1-4H3,(H,34,39)/t25-/m0/s1. The number of carbonyl (C=O) groups excluding carboxylic acids is 2. The molecular weight excluding hydrogens is 596 g/mol. The summed E-state index contributed by atoms with van der Waals surface area (Å²) in [6.45, 7) is 4.51. The summed E-state index contributed by atoms with van der Waals surface area (Å²) in [6, 6.07) is 16.4. The highest BCUT2D eigenvalue weighted by molar-refractivity contribution is 7.92. The highest BCUT2D eigenvalue weighted by Crippen LogP contribution is 2.29. The zero-order valence-corrected chi connectivity index (χ0v) is 26.9. The Hall–Kier alpha value is -4.45. The summed E-state index contributed by atoms with van der Waals surface area (Å²) in [5, 5.41) is 14.7. The second kappa shape index (κ2) is 14.6. The quantitative estimate of drug-likeness (QED) is 0.211. The first kappa shape index (κ1) is 33.4. The molecule has 0 saturated heterocycles. The Morgan fingerprint density at radius 2 is 1.71 bits per heavy atom. The molecule has 240 valence electrons. The van der Waals surface area contributed by atoms with E-state index in [-0.39, 0.29) is 34.8 Å². The highest BCUT2D eigenvalue weighted by Gasteiger charge is 2.34. The Balaban J connectivity index is 1.72. The smallest absolute Gasteiger partial charge is 0.273 e. The van der Waals surface area contributed by atoms with Crippen LogP contribution in [0.4, 0.5) is 11.4 Å². The summed E-state index contributed by atoms with van der Waals surface area (Å²) in [6.07, 6.45) is 4.92. The molecule has 0 spiro atoms. The number of nitrogens with one attached hydrogen (secondary N) is 1. The number of methoxy groups -OCH3 is 1. The minimum atomic E-state index is -4.48. The van der Waals surface area contributed by atoms with Crippen molar-refractivity contribution in [3.05, 3.63) is 93.5 Å². The lowest BCUT2D eigenvalue weighted by molar-refractivity contribution is -0.385. The van der Waals surface area contributed by atoms with Gasteiger partial charge in [-0.1, -0.05) is 55.2 Å². The van der Waals surface area contributed by atoms with E-state index in [1.807, 2.05) is 31.2 Å². The van der Waals surface area contributed by atoms with Crippen LogP contribution in [0.3, 0.4) is 0 Å². The first-order valence-corrected chi connectivity index (χ1v) is 16.4. The van der Waals surface area contributed by atoms with Crippen LogP contribution >= 0.6 is 0 Å². The average Bonchev–Trinajstić information content (AvgIpc) is 3.02. The third kappa shape index (κ3) is 8.18. The number of ether oxygens (including phenoxy) is 1. The number of nitro groups is 1. The van der Waals surface area contributed by atoms with Crippen molar-refractivity contribution < 1.29 is 27.7 Å². The van der Waals surface area contributed by atoms with Crippen LogP contribution in [0.5, 0.6) is 5.75 Å². The van der Waals surface area contributed by atoms with E-state index >= 15 is 0 Å². The molecule has 3 aromatic carbocycles. The third-order valence-electron chi connectivity index (χ3n) is 8.16. The molecule has 11 nitrogen and oxygen atoms in total. The van der Waals surface area contributed by atoms with Crippen LogP contribution in [0.25, 0.3) is 0 Å². The fourth-order valence-corrected chi connectivity index (χ4v) is 6.94. The first-order valence-electron chi connectivity index (χ1n) is 15.0. The molecule has 0 aliphatic heterocycles. The molecule has 1 fully saturated rings. The van der Waals surface area contributed by atoms with E-state index in [0.717, 1.165) is 53.6 Å². The van der Waals surface area contributed by atoms with Crippen molar-refractivity contribution in [1.82, 2.24) is 10.2 Å². The number of rotatable bonds is 12. The summed E-state index contributed by atoms with van der Waals surface area (Å²) >= 11 is 0. The molecule has 1 aliphatic carbocycles. The van der Waals surface area contributed by atoms with E-state index in [9.17, 15) is 28.1 Å². The van der Waals surface area contributed by atoms with E-state index in [1.165, 1.54) is 43.2 Å². The van der Waals surface area contributed by atoms with Crippen LogP contribution in [-0.4, -0.2) is 55.8 Å². The van der Waals surface area contributed by atoms with Crippen LogP contribution in [0, 0.1) is 24.0 Å². The van der Waals surface area contributed by atoms with E-state index in [0.29, 0.717) is 11.3 Å². The summed E-state index contributed by atoms with van der Waals surface area (Å²) < 4.78 is 34.4. The monoisotopic (exact) mass is 636 g/mol. The van der Waals surface area contributed by atoms with Crippen molar-refractivity contribution in [3.8, 4) is 5.75 Å². The fraction of sp³-hybridized carbons (Fsp3) is 0.394. The molecule has 1 saturated carbocycles. The molecular formula is C33H40N4O7S. The van der Waals surface area contributed by atoms with Gasteiger partial charge in [0.1, 0.15) is 18.3 Å². The van der Waals surface area contributed by atoms with Gasteiger partial charge in [0.25, 0.3) is 15.7 Å². The molecule has 1 atom stereocenters. The maximum absolute atomic E-state index is 14.2. The van der Waals surface area contributed by atoms with Gasteiger partial charge >= 0.3 is 0 Å². The van der Waals surface area contributed by atoms with Crippen LogP contribution < -0.4 is 14.4 Å². The number of nitrogens with zero attached hydrogens (tertiary/aromatic N) is 3. The molecule has 0 heterocycles. The van der Waals surface area contributed by atoms with Gasteiger partial charge in [0, 0.05) is 24.2 Å². The maximum Gasteiger partial charge on any atom is 0.273 e. The average molecular weight is 637 g/mol. The Bertz CT molecular complexity index is 1640. The van der Waals surface area contributed by atoms with Crippen molar-refractivity contribution in [2.45, 2.75) is 76.4 Å². The minimum absolute atomic E-state index is 0.0260. The zero-order valence-electron chi connectivity index (χ0n) is 26.1. The summed E-state index contributed by atoms with van der Waals surface area (Å²) in [5.41, 5.74) is 1.86. The molecule has 3 aromatic rings. The first-order chi connectivity index (χ1) is 21.4. The van der Waals surface area contributed by atoms with Gasteiger partial charge in [-0.15, -0.1) is 0 Å². The van der Waals surface area contributed by atoms with Crippen molar-refractivity contribution in [3.63, 3.8) is 0 Å². The number of carbonyl (C=O) groups is 2. The normalized spacial score (nSPS) is 14.3. The van der Waals surface area contributed by atoms with Crippen molar-refractivity contribution >= 4 is 33.2 Å². The lowest BCUT2D eigenvalue weighted by atomic mass is 9.95. The van der Waals surface area contributed by atoms with E-state index < -0.39 is 33.4 Å². The predicted molar refractivity (Wildman–Crippen MR) is 172 cm³/mol. The second-order valence-electron chi connectivity index (χ2n) is 11.4. The maximum atomic E-state index is 14.2. The van der Waals surface area contributed by atoms with Gasteiger partial charge in [0.2, 0.25) is 11.8 Å². The number of aryl methyl sites for hydroxylation is 2. The van der Waals surface area contributed by atoms with Crippen molar-refractivity contribution in [1.29, 1.82) is 0 Å². The Kier molecular flexibility index (Phi) is 10.8. The molecule has 1 aliphatic rings. The summed E-state index contributed by atoms with van der Waals surface area (Å²) in [7, 11) is -3.01. The number of anilines is 1. The van der Waals surface area contributed by atoms with Crippen LogP contribution in [0.2, 0.25) is 0 Å². The molecule has 4 rings (SSSR count). The molecule has 0 unspecified atom stereocenters. The summed E-state index contributed by atoms with van der Waals surface area (Å²) in [4.78, 5) is 39.7. The van der Waals surface area contributed by atoms with Crippen molar-refractivity contribution in [2.75, 3.05) is 18.0 Å². The van der Waals surface area contributed by atoms with Gasteiger partial charge in [-0.05, 0) is 69.5 Å². The largest absolute Gasteiger partial charge is 0.497 e. The SMILES string of the molecule is COc1ccc(N(CC(=O)N(Cc2cccc(C)c2)[C@@H](C)C(=O)NC2CCCCC2)S(=O)(=O)c2ccc(C)c([N+](=O)[O-])c2)cc1. The topological polar surface area (TPSA) is 139 Å². The Labute approximate surface area is 264 Å². The molecule has 0 aromatic heterocycles. The van der Waals surface area contributed by atoms with Gasteiger partial charge in [0.15, 0.2) is 0 Å². The van der Waals surface area contributed by atoms with Gasteiger partial charge in [0.05, 0.1) is 22.6 Å². The second-order valence-corrected chi connectivity index (χ2v) is 13.3. The molecule has 2 amide bonds. The number of benzene rings is 3. The number of nitro benzene ring substituents is 1.